The van der Waals surface area contributed by atoms with Gasteiger partial charge in [-0.05, 0) is 51.1 Å². The van der Waals surface area contributed by atoms with Gasteiger partial charge in [0.25, 0.3) is 11.5 Å². The average molecular weight is 567 g/mol. The molecule has 39 heavy (non-hydrogen) atoms. The van der Waals surface area contributed by atoms with Crippen LogP contribution >= 0.6 is 11.3 Å². The maximum atomic E-state index is 12.9. The van der Waals surface area contributed by atoms with Gasteiger partial charge in [0, 0.05) is 31.2 Å². The van der Waals surface area contributed by atoms with Crippen molar-refractivity contribution in [3.8, 4) is 6.07 Å². The van der Waals surface area contributed by atoms with Crippen LogP contribution in [0.3, 0.4) is 0 Å². The van der Waals surface area contributed by atoms with Gasteiger partial charge in [0.05, 0.1) is 6.54 Å². The first-order valence-corrected chi connectivity index (χ1v) is 13.1. The first-order chi connectivity index (χ1) is 18.3. The Morgan fingerprint density at radius 1 is 1.26 bits per heavy atom. The highest BCUT2D eigenvalue weighted by Gasteiger charge is 2.29. The number of anilines is 2. The number of benzene rings is 1. The summed E-state index contributed by atoms with van der Waals surface area (Å²) in [6.45, 7) is 5.44. The summed E-state index contributed by atoms with van der Waals surface area (Å²) in [6, 6.07) is 8.60. The monoisotopic (exact) mass is 566 g/mol. The van der Waals surface area contributed by atoms with Gasteiger partial charge in [-0.2, -0.15) is 18.4 Å². The van der Waals surface area contributed by atoms with Gasteiger partial charge in [0.15, 0.2) is 5.57 Å². The number of alkyl halides is 3. The second-order valence-electron chi connectivity index (χ2n) is 9.32. The van der Waals surface area contributed by atoms with Crippen molar-refractivity contribution < 1.29 is 22.8 Å². The van der Waals surface area contributed by atoms with Crippen LogP contribution in [0.1, 0.15) is 27.2 Å². The van der Waals surface area contributed by atoms with Crippen LogP contribution in [-0.4, -0.2) is 61.2 Å². The fraction of sp³-hybridized carbons (Fsp3) is 0.462. The van der Waals surface area contributed by atoms with Gasteiger partial charge in [-0.1, -0.05) is 19.9 Å². The third-order valence-electron chi connectivity index (χ3n) is 5.70. The molecule has 0 saturated heterocycles. The summed E-state index contributed by atoms with van der Waals surface area (Å²) in [5, 5.41) is 14.1. The highest BCUT2D eigenvalue weighted by atomic mass is 32.1. The standard InChI is InChI=1S/C26H33F3N6O3S/c1-6-35-24(38)21(39-25(35)20(13-30)23(37)32-16-26(27,28)29)14-31-18-8-7-9-19(12-18)34(5)22(36)15-33(4)11-10-17(2)3/h7-9,12,14,17,31H,6,10-11,15-16H2,1-5H3,(H,32,37). The number of nitrogens with zero attached hydrogens (tertiary/aromatic N) is 4. The smallest absolute Gasteiger partial charge is 0.360 e. The predicted molar refractivity (Wildman–Crippen MR) is 146 cm³/mol. The maximum absolute atomic E-state index is 12.9. The molecule has 2 aromatic rings. The lowest BCUT2D eigenvalue weighted by Crippen LogP contribution is -2.37. The van der Waals surface area contributed by atoms with Crippen molar-refractivity contribution in [3.63, 3.8) is 0 Å². The van der Waals surface area contributed by atoms with E-state index in [9.17, 15) is 32.8 Å². The number of nitriles is 1. The molecule has 0 aliphatic heterocycles. The number of carbonyl (C=O) groups is 2. The first kappa shape index (κ1) is 31.6. The van der Waals surface area contributed by atoms with E-state index in [-0.39, 0.29) is 28.2 Å². The van der Waals surface area contributed by atoms with E-state index in [0.29, 0.717) is 17.3 Å². The zero-order valence-electron chi connectivity index (χ0n) is 22.6. The average Bonchev–Trinajstić information content (AvgIpc) is 3.19. The zero-order chi connectivity index (χ0) is 29.3. The number of hydrogen-bond acceptors (Lipinski definition) is 7. The SMILES string of the molecule is CCn1c(=C(C#N)C(=O)NCC(F)(F)F)sc(=CNc2cccc(N(C)C(=O)CN(C)CCC(C)C)c2)c1=O. The molecule has 2 amide bonds. The molecule has 0 spiro atoms. The second-order valence-corrected chi connectivity index (χ2v) is 10.3. The van der Waals surface area contributed by atoms with Crippen molar-refractivity contribution in [2.75, 3.05) is 43.9 Å². The Balaban J connectivity index is 2.30. The summed E-state index contributed by atoms with van der Waals surface area (Å²) in [6.07, 6.45) is -2.26. The Kier molecular flexibility index (Phi) is 11.3. The molecule has 1 heterocycles. The molecule has 0 fully saturated rings. The predicted octanol–water partition coefficient (Wildman–Crippen LogP) is 2.07. The van der Waals surface area contributed by atoms with E-state index in [1.807, 2.05) is 11.9 Å². The minimum absolute atomic E-state index is 0.0432. The van der Waals surface area contributed by atoms with E-state index in [4.69, 9.17) is 0 Å². The summed E-state index contributed by atoms with van der Waals surface area (Å²) in [7, 11) is 3.57. The summed E-state index contributed by atoms with van der Waals surface area (Å²) < 4.78 is 38.8. The van der Waals surface area contributed by atoms with Gasteiger partial charge in [-0.15, -0.1) is 11.3 Å². The van der Waals surface area contributed by atoms with Gasteiger partial charge in [0.2, 0.25) is 5.91 Å². The Labute approximate surface area is 228 Å². The van der Waals surface area contributed by atoms with E-state index in [1.54, 1.807) is 49.6 Å². The Morgan fingerprint density at radius 3 is 2.54 bits per heavy atom. The van der Waals surface area contributed by atoms with E-state index in [2.05, 4.69) is 19.2 Å². The largest absolute Gasteiger partial charge is 0.405 e. The molecule has 0 unspecified atom stereocenters. The summed E-state index contributed by atoms with van der Waals surface area (Å²) in [4.78, 5) is 41.4. The summed E-state index contributed by atoms with van der Waals surface area (Å²) in [5.74, 6) is -0.761. The molecule has 0 aliphatic carbocycles. The van der Waals surface area contributed by atoms with Gasteiger partial charge in [-0.3, -0.25) is 23.9 Å². The number of thiazole rings is 1. The number of nitrogens with one attached hydrogen (secondary N) is 2. The number of rotatable bonds is 11. The molecule has 1 aromatic carbocycles. The van der Waals surface area contributed by atoms with E-state index in [0.717, 1.165) is 28.9 Å². The van der Waals surface area contributed by atoms with Gasteiger partial charge < -0.3 is 15.5 Å². The van der Waals surface area contributed by atoms with E-state index >= 15 is 0 Å². The van der Waals surface area contributed by atoms with Crippen LogP contribution in [0.2, 0.25) is 0 Å². The molecule has 2 N–H and O–H groups in total. The lowest BCUT2D eigenvalue weighted by Gasteiger charge is -2.23. The molecular formula is C26H33F3N6O3S. The Morgan fingerprint density at radius 2 is 1.95 bits per heavy atom. The highest BCUT2D eigenvalue weighted by molar-refractivity contribution is 7.07. The van der Waals surface area contributed by atoms with Crippen molar-refractivity contribution >= 4 is 46.3 Å². The molecule has 1 aromatic heterocycles. The topological polar surface area (TPSA) is 110 Å². The minimum Gasteiger partial charge on any atom is -0.360 e. The molecule has 0 bridgehead atoms. The number of carbonyl (C=O) groups excluding carboxylic acids is 2. The van der Waals surface area contributed by atoms with Gasteiger partial charge >= 0.3 is 6.18 Å². The normalized spacial score (nSPS) is 12.9. The quantitative estimate of drug-likeness (QED) is 0.431. The van der Waals surface area contributed by atoms with E-state index in [1.165, 1.54) is 11.1 Å². The van der Waals surface area contributed by atoms with Crippen molar-refractivity contribution in [3.05, 3.63) is 43.8 Å². The molecule has 2 rings (SSSR count). The highest BCUT2D eigenvalue weighted by Crippen LogP contribution is 2.19. The Hall–Kier alpha value is -3.63. The fourth-order valence-electron chi connectivity index (χ4n) is 3.45. The minimum atomic E-state index is -4.64. The van der Waals surface area contributed by atoms with Crippen molar-refractivity contribution in [2.24, 2.45) is 5.92 Å². The third kappa shape index (κ3) is 9.26. The van der Waals surface area contributed by atoms with Gasteiger partial charge in [0.1, 0.15) is 21.8 Å². The number of halogens is 3. The zero-order valence-corrected chi connectivity index (χ0v) is 23.4. The van der Waals surface area contributed by atoms with Crippen LogP contribution in [0, 0.1) is 17.2 Å². The molecule has 212 valence electrons. The lowest BCUT2D eigenvalue weighted by molar-refractivity contribution is -0.135. The third-order valence-corrected chi connectivity index (χ3v) is 6.83. The summed E-state index contributed by atoms with van der Waals surface area (Å²) in [5.41, 5.74) is 0.123. The van der Waals surface area contributed by atoms with Crippen molar-refractivity contribution in [1.82, 2.24) is 14.8 Å². The first-order valence-electron chi connectivity index (χ1n) is 12.3. The number of likely N-dealkylation sites (N-methyl/N-ethyl adjacent to an activating group) is 2. The van der Waals surface area contributed by atoms with Crippen LogP contribution in [0.4, 0.5) is 24.5 Å². The fourth-order valence-corrected chi connectivity index (χ4v) is 4.54. The maximum Gasteiger partial charge on any atom is 0.405 e. The van der Waals surface area contributed by atoms with Crippen LogP contribution in [-0.2, 0) is 16.1 Å². The molecule has 0 saturated carbocycles. The molecular weight excluding hydrogens is 533 g/mol. The van der Waals surface area contributed by atoms with Crippen LogP contribution in [0.25, 0.3) is 11.8 Å². The molecule has 13 heteroatoms. The number of aromatic nitrogens is 1. The lowest BCUT2D eigenvalue weighted by atomic mass is 10.1. The van der Waals surface area contributed by atoms with Crippen LogP contribution in [0.5, 0.6) is 0 Å². The molecule has 9 nitrogen and oxygen atoms in total. The van der Waals surface area contributed by atoms with Crippen molar-refractivity contribution in [2.45, 2.75) is 39.9 Å². The van der Waals surface area contributed by atoms with Gasteiger partial charge in [-0.25, -0.2) is 0 Å². The van der Waals surface area contributed by atoms with Crippen LogP contribution < -0.4 is 30.3 Å². The number of hydrogen-bond donors (Lipinski definition) is 2. The number of amides is 2. The molecule has 0 radical (unpaired) electrons. The second kappa shape index (κ2) is 14.0. The van der Waals surface area contributed by atoms with Crippen molar-refractivity contribution in [1.29, 1.82) is 5.26 Å². The summed E-state index contributed by atoms with van der Waals surface area (Å²) >= 11 is 0.814. The molecule has 0 aliphatic rings. The Bertz CT molecular complexity index is 1390. The molecule has 0 atom stereocenters. The van der Waals surface area contributed by atoms with E-state index < -0.39 is 29.8 Å². The van der Waals surface area contributed by atoms with Crippen LogP contribution in [0.15, 0.2) is 29.1 Å².